The topological polar surface area (TPSA) is 80.3 Å². The monoisotopic (exact) mass is 305 g/mol. The molecular weight excluding hydrogens is 294 g/mol. The molecule has 4 nitrogen and oxygen atoms in total. The minimum absolute atomic E-state index is 0. The average molecular weight is 305 g/mol. The predicted octanol–water partition coefficient (Wildman–Crippen LogP) is -4.80. The van der Waals surface area contributed by atoms with Gasteiger partial charge in [0, 0.05) is 19.4 Å². The van der Waals surface area contributed by atoms with Crippen molar-refractivity contribution in [3.63, 3.8) is 0 Å². The van der Waals surface area contributed by atoms with Gasteiger partial charge in [0.2, 0.25) is 16.1 Å². The average Bonchev–Trinajstić information content (AvgIpc) is 2.14. The second-order valence-corrected chi connectivity index (χ2v) is 7.43. The van der Waals surface area contributed by atoms with Crippen LogP contribution in [0.15, 0.2) is 30.3 Å². The number of carbonyl (C=O) groups is 1. The van der Waals surface area contributed by atoms with Gasteiger partial charge in [-0.15, -0.1) is 0 Å². The van der Waals surface area contributed by atoms with Crippen molar-refractivity contribution in [3.05, 3.63) is 35.9 Å². The van der Waals surface area contributed by atoms with Crippen LogP contribution >= 0.6 is 0 Å². The van der Waals surface area contributed by atoms with Gasteiger partial charge in [0.25, 0.3) is 4.75 Å². The van der Waals surface area contributed by atoms with E-state index in [1.54, 1.807) is 30.3 Å². The molecule has 88 valence electrons. The standard InChI is InChI=1S/C10H12O4S2.2Na/c1-10(2,15-16(12,13)14)9(11)8-6-4-3-5-7-8;;/h3-7H,1-2H3,(H-,12,13,14);;/q;2*+1/p-1. The first kappa shape index (κ1) is 21.5. The molecule has 8 heteroatoms. The van der Waals surface area contributed by atoms with Gasteiger partial charge in [0.15, 0.2) is 0 Å². The van der Waals surface area contributed by atoms with Gasteiger partial charge >= 0.3 is 59.1 Å². The maximum absolute atomic E-state index is 11.9. The fourth-order valence-electron chi connectivity index (χ4n) is 1.23. The zero-order valence-corrected chi connectivity index (χ0v) is 16.5. The third-order valence-electron chi connectivity index (χ3n) is 1.89. The summed E-state index contributed by atoms with van der Waals surface area (Å²) in [6.45, 7) is 2.84. The van der Waals surface area contributed by atoms with Gasteiger partial charge < -0.3 is 9.11 Å². The molecule has 0 fully saturated rings. The zero-order valence-electron chi connectivity index (χ0n) is 10.8. The predicted molar refractivity (Wildman–Crippen MR) is 61.9 cm³/mol. The molecule has 0 spiro atoms. The second-order valence-electron chi connectivity index (χ2n) is 3.70. The maximum atomic E-state index is 11.9. The van der Waals surface area contributed by atoms with Crippen molar-refractivity contribution in [1.29, 1.82) is 0 Å². The summed E-state index contributed by atoms with van der Waals surface area (Å²) in [4.78, 5) is 11.9. The molecule has 1 rings (SSSR count). The first-order valence-corrected chi connectivity index (χ1v) is 7.23. The van der Waals surface area contributed by atoms with Gasteiger partial charge in [-0.2, -0.15) is 0 Å². The number of hydrogen-bond donors (Lipinski definition) is 0. The molecule has 0 amide bonds. The Hall–Kier alpha value is 1.18. The van der Waals surface area contributed by atoms with E-state index in [0.717, 1.165) is 0 Å². The largest absolute Gasteiger partial charge is 1.00 e. The molecule has 0 unspecified atom stereocenters. The maximum Gasteiger partial charge on any atom is 1.00 e. The van der Waals surface area contributed by atoms with Crippen LogP contribution in [-0.2, 0) is 19.4 Å². The van der Waals surface area contributed by atoms with Crippen molar-refractivity contribution in [2.24, 2.45) is 0 Å². The molecule has 1 aromatic carbocycles. The second kappa shape index (κ2) is 8.46. The summed E-state index contributed by atoms with van der Waals surface area (Å²) in [7, 11) is -4.36. The number of carbonyl (C=O) groups excluding carboxylic acids is 1. The van der Waals surface area contributed by atoms with Crippen molar-refractivity contribution in [2.45, 2.75) is 18.6 Å². The molecule has 0 radical (unpaired) electrons. The van der Waals surface area contributed by atoms with Crippen molar-refractivity contribution in [2.75, 3.05) is 0 Å². The summed E-state index contributed by atoms with van der Waals surface area (Å²) in [5.41, 5.74) is 0.392. The number of Topliss-reactive ketones (excluding diaryl/α,β-unsaturated/α-hetero) is 1. The Balaban J connectivity index is 0. The molecule has 0 atom stereocenters. The van der Waals surface area contributed by atoms with Crippen molar-refractivity contribution in [3.8, 4) is 0 Å². The van der Waals surface area contributed by atoms with Gasteiger partial charge in [0.05, 0.1) is 9.05 Å². The van der Waals surface area contributed by atoms with Crippen molar-refractivity contribution < 1.29 is 77.2 Å². The number of ketones is 1. The molecule has 0 aliphatic carbocycles. The number of rotatable bonds is 3. The molecule has 0 saturated heterocycles. The van der Waals surface area contributed by atoms with Crippen LogP contribution in [0.4, 0.5) is 0 Å². The van der Waals surface area contributed by atoms with Crippen LogP contribution in [0.5, 0.6) is 0 Å². The molecule has 0 aromatic heterocycles. The molecular formula is C10H11Na2O4S2+. The van der Waals surface area contributed by atoms with Crippen molar-refractivity contribution in [1.82, 2.24) is 0 Å². The molecule has 0 aliphatic rings. The third kappa shape index (κ3) is 7.09. The van der Waals surface area contributed by atoms with Crippen LogP contribution in [0.25, 0.3) is 0 Å². The smallest absolute Gasteiger partial charge is 0.746 e. The Morgan fingerprint density at radius 1 is 1.17 bits per heavy atom. The van der Waals surface area contributed by atoms with Crippen LogP contribution in [0.3, 0.4) is 0 Å². The van der Waals surface area contributed by atoms with Gasteiger partial charge in [-0.05, 0) is 0 Å². The van der Waals surface area contributed by atoms with Crippen LogP contribution in [0.1, 0.15) is 24.2 Å². The van der Waals surface area contributed by atoms with E-state index in [1.807, 2.05) is 0 Å². The fourth-order valence-corrected chi connectivity index (χ4v) is 3.69. The summed E-state index contributed by atoms with van der Waals surface area (Å²) in [6.07, 6.45) is 0. The Morgan fingerprint density at radius 3 is 2.00 bits per heavy atom. The van der Waals surface area contributed by atoms with Gasteiger partial charge in [0.1, 0.15) is 0 Å². The SMILES string of the molecule is CC(C)([S+]=S(=O)([O-])[O-])C(=O)c1ccccc1.[Na+].[Na+]. The molecule has 0 N–H and O–H groups in total. The van der Waals surface area contributed by atoms with Gasteiger partial charge in [-0.25, -0.2) is 4.21 Å². The number of hydrogen-bond acceptors (Lipinski definition) is 4. The number of benzene rings is 1. The molecule has 0 heterocycles. The van der Waals surface area contributed by atoms with E-state index in [-0.39, 0.29) is 75.2 Å². The van der Waals surface area contributed by atoms with Crippen molar-refractivity contribution >= 4 is 25.2 Å². The zero-order chi connectivity index (χ0) is 12.4. The molecule has 1 aromatic rings. The first-order valence-electron chi connectivity index (χ1n) is 4.49. The molecule has 18 heavy (non-hydrogen) atoms. The summed E-state index contributed by atoms with van der Waals surface area (Å²) in [5, 5.41) is 0. The van der Waals surface area contributed by atoms with Crippen LogP contribution in [-0.4, -0.2) is 23.8 Å². The van der Waals surface area contributed by atoms with Gasteiger partial charge in [-0.1, -0.05) is 30.3 Å². The van der Waals surface area contributed by atoms with E-state index < -0.39 is 13.8 Å². The first-order chi connectivity index (χ1) is 7.22. The molecule has 0 aliphatic heterocycles. The van der Waals surface area contributed by atoms with E-state index in [9.17, 15) is 18.1 Å². The summed E-state index contributed by atoms with van der Waals surface area (Å²) < 4.78 is 30.6. The normalized spacial score (nSPS) is 10.9. The summed E-state index contributed by atoms with van der Waals surface area (Å²) in [6, 6.07) is 8.28. The van der Waals surface area contributed by atoms with E-state index in [4.69, 9.17) is 0 Å². The van der Waals surface area contributed by atoms with Gasteiger partial charge in [-0.3, -0.25) is 4.79 Å². The van der Waals surface area contributed by atoms with E-state index in [2.05, 4.69) is 0 Å². The van der Waals surface area contributed by atoms with E-state index in [0.29, 0.717) is 5.56 Å². The minimum atomic E-state index is -4.49. The molecule has 0 bridgehead atoms. The minimum Gasteiger partial charge on any atom is -0.746 e. The summed E-state index contributed by atoms with van der Waals surface area (Å²) >= 11 is 0. The van der Waals surface area contributed by atoms with Crippen LogP contribution in [0, 0.1) is 0 Å². The Morgan fingerprint density at radius 2 is 1.61 bits per heavy atom. The van der Waals surface area contributed by atoms with E-state index in [1.165, 1.54) is 13.8 Å². The third-order valence-corrected chi connectivity index (χ3v) is 4.56. The Bertz CT molecular complexity index is 500. The Labute approximate surface area is 155 Å². The van der Waals surface area contributed by atoms with Crippen LogP contribution < -0.4 is 59.1 Å². The fraction of sp³-hybridized carbons (Fsp3) is 0.300. The molecule has 0 saturated carbocycles. The quantitative estimate of drug-likeness (QED) is 0.319. The van der Waals surface area contributed by atoms with Crippen LogP contribution in [0.2, 0.25) is 0 Å². The summed E-state index contributed by atoms with van der Waals surface area (Å²) in [5.74, 6) is -0.377. The Kier molecular flexibility index (Phi) is 10.1. The van der Waals surface area contributed by atoms with E-state index >= 15 is 0 Å².